The van der Waals surface area contributed by atoms with Gasteiger partial charge in [0.15, 0.2) is 11.5 Å². The molecule has 2 aromatic rings. The Morgan fingerprint density at radius 1 is 1.18 bits per heavy atom. The fourth-order valence-electron chi connectivity index (χ4n) is 1.76. The molecule has 0 aliphatic heterocycles. The Balaban J connectivity index is 2.25. The average Bonchev–Trinajstić information content (AvgIpc) is 2.48. The zero-order chi connectivity index (χ0) is 16.3. The van der Waals surface area contributed by atoms with Gasteiger partial charge in [0.2, 0.25) is 0 Å². The van der Waals surface area contributed by atoms with Crippen LogP contribution in [0.5, 0.6) is 11.5 Å². The molecular formula is C15H10Cl3IO3. The third-order valence-corrected chi connectivity index (χ3v) is 4.58. The lowest BCUT2D eigenvalue weighted by Crippen LogP contribution is -2.01. The molecule has 2 aromatic carbocycles. The molecule has 0 aromatic heterocycles. The van der Waals surface area contributed by atoms with Crippen LogP contribution in [0.4, 0.5) is 0 Å². The van der Waals surface area contributed by atoms with Crippen molar-refractivity contribution in [1.29, 1.82) is 0 Å². The van der Waals surface area contributed by atoms with E-state index in [1.165, 1.54) is 7.11 Å². The van der Waals surface area contributed by atoms with E-state index in [1.807, 2.05) is 6.07 Å². The molecule has 0 saturated carbocycles. The highest BCUT2D eigenvalue weighted by Crippen LogP contribution is 2.35. The van der Waals surface area contributed by atoms with Crippen molar-refractivity contribution in [3.8, 4) is 11.5 Å². The van der Waals surface area contributed by atoms with Gasteiger partial charge in [0.1, 0.15) is 6.61 Å². The minimum absolute atomic E-state index is 0.289. The Morgan fingerprint density at radius 3 is 2.50 bits per heavy atom. The number of carbonyl (C=O) groups excluding carboxylic acids is 1. The second-order valence-electron chi connectivity index (χ2n) is 4.30. The SMILES string of the molecule is COc1cc(C(=O)Cl)cc(I)c1OCc1ccc(Cl)c(Cl)c1. The van der Waals surface area contributed by atoms with E-state index in [4.69, 9.17) is 44.3 Å². The monoisotopic (exact) mass is 470 g/mol. The molecule has 0 atom stereocenters. The lowest BCUT2D eigenvalue weighted by molar-refractivity contribution is 0.108. The maximum absolute atomic E-state index is 11.3. The highest BCUT2D eigenvalue weighted by atomic mass is 127. The second kappa shape index (κ2) is 7.73. The van der Waals surface area contributed by atoms with Gasteiger partial charge >= 0.3 is 0 Å². The molecule has 0 N–H and O–H groups in total. The van der Waals surface area contributed by atoms with Gasteiger partial charge in [-0.2, -0.15) is 0 Å². The highest BCUT2D eigenvalue weighted by Gasteiger charge is 2.15. The maximum Gasteiger partial charge on any atom is 0.252 e. The van der Waals surface area contributed by atoms with Crippen molar-refractivity contribution in [1.82, 2.24) is 0 Å². The van der Waals surface area contributed by atoms with E-state index < -0.39 is 5.24 Å². The van der Waals surface area contributed by atoms with Crippen LogP contribution in [-0.2, 0) is 6.61 Å². The Morgan fingerprint density at radius 2 is 1.91 bits per heavy atom. The number of benzene rings is 2. The number of carbonyl (C=O) groups is 1. The zero-order valence-electron chi connectivity index (χ0n) is 11.3. The first-order valence-electron chi connectivity index (χ1n) is 6.06. The van der Waals surface area contributed by atoms with Crippen LogP contribution in [0.2, 0.25) is 10.0 Å². The smallest absolute Gasteiger partial charge is 0.252 e. The lowest BCUT2D eigenvalue weighted by Gasteiger charge is -2.14. The van der Waals surface area contributed by atoms with Gasteiger partial charge in [-0.05, 0) is 64.0 Å². The van der Waals surface area contributed by atoms with Gasteiger partial charge in [0.25, 0.3) is 5.24 Å². The van der Waals surface area contributed by atoms with Crippen molar-refractivity contribution in [3.05, 3.63) is 55.1 Å². The van der Waals surface area contributed by atoms with E-state index in [-0.39, 0.29) is 6.61 Å². The summed E-state index contributed by atoms with van der Waals surface area (Å²) in [5.74, 6) is 0.979. The minimum atomic E-state index is -0.549. The quantitative estimate of drug-likeness (QED) is 0.423. The molecule has 0 heterocycles. The Hall–Kier alpha value is -0.690. The molecule has 3 nitrogen and oxygen atoms in total. The van der Waals surface area contributed by atoms with Crippen LogP contribution >= 0.6 is 57.4 Å². The van der Waals surface area contributed by atoms with Crippen LogP contribution in [0.3, 0.4) is 0 Å². The first-order valence-corrected chi connectivity index (χ1v) is 8.27. The predicted molar refractivity (Wildman–Crippen MR) is 96.7 cm³/mol. The summed E-state index contributed by atoms with van der Waals surface area (Å²) < 4.78 is 11.8. The predicted octanol–water partition coefficient (Wildman–Crippen LogP) is 5.56. The highest BCUT2D eigenvalue weighted by molar-refractivity contribution is 14.1. The number of methoxy groups -OCH3 is 1. The number of hydrogen-bond acceptors (Lipinski definition) is 3. The molecule has 0 aliphatic rings. The molecule has 0 aliphatic carbocycles. The number of hydrogen-bond donors (Lipinski definition) is 0. The van der Waals surface area contributed by atoms with Gasteiger partial charge in [-0.1, -0.05) is 29.3 Å². The molecule has 116 valence electrons. The molecule has 0 amide bonds. The zero-order valence-corrected chi connectivity index (χ0v) is 15.8. The fourth-order valence-corrected chi connectivity index (χ4v) is 2.95. The molecule has 0 radical (unpaired) electrons. The van der Waals surface area contributed by atoms with Crippen molar-refractivity contribution >= 4 is 62.6 Å². The Kier molecular flexibility index (Phi) is 6.20. The molecule has 22 heavy (non-hydrogen) atoms. The van der Waals surface area contributed by atoms with Crippen LogP contribution in [0.15, 0.2) is 30.3 Å². The number of rotatable bonds is 5. The standard InChI is InChI=1S/C15H10Cl3IO3/c1-21-13-6-9(15(18)20)5-12(19)14(13)22-7-8-2-3-10(16)11(17)4-8/h2-6H,7H2,1H3. The summed E-state index contributed by atoms with van der Waals surface area (Å²) in [7, 11) is 1.50. The molecule has 7 heteroatoms. The van der Waals surface area contributed by atoms with E-state index >= 15 is 0 Å². The summed E-state index contributed by atoms with van der Waals surface area (Å²) in [6.07, 6.45) is 0. The van der Waals surface area contributed by atoms with Crippen LogP contribution in [-0.4, -0.2) is 12.4 Å². The summed E-state index contributed by atoms with van der Waals surface area (Å²) in [6.45, 7) is 0.289. The van der Waals surface area contributed by atoms with Gasteiger partial charge in [-0.3, -0.25) is 4.79 Å². The lowest BCUT2D eigenvalue weighted by atomic mass is 10.2. The van der Waals surface area contributed by atoms with Crippen molar-refractivity contribution in [3.63, 3.8) is 0 Å². The summed E-state index contributed by atoms with van der Waals surface area (Å²) in [4.78, 5) is 11.3. The van der Waals surface area contributed by atoms with Crippen molar-refractivity contribution < 1.29 is 14.3 Å². The van der Waals surface area contributed by atoms with Crippen molar-refractivity contribution in [2.45, 2.75) is 6.61 Å². The summed E-state index contributed by atoms with van der Waals surface area (Å²) >= 11 is 19.4. The van der Waals surface area contributed by atoms with E-state index in [2.05, 4.69) is 22.6 Å². The van der Waals surface area contributed by atoms with Crippen molar-refractivity contribution in [2.75, 3.05) is 7.11 Å². The molecular weight excluding hydrogens is 461 g/mol. The molecule has 0 fully saturated rings. The summed E-state index contributed by atoms with van der Waals surface area (Å²) in [5.41, 5.74) is 1.22. The topological polar surface area (TPSA) is 35.5 Å². The van der Waals surface area contributed by atoms with Crippen LogP contribution in [0.25, 0.3) is 0 Å². The minimum Gasteiger partial charge on any atom is -0.493 e. The van der Waals surface area contributed by atoms with Crippen molar-refractivity contribution in [2.24, 2.45) is 0 Å². The first-order chi connectivity index (χ1) is 10.4. The Labute approximate surface area is 156 Å². The maximum atomic E-state index is 11.3. The summed E-state index contributed by atoms with van der Waals surface area (Å²) in [6, 6.07) is 8.45. The molecule has 0 saturated heterocycles. The normalized spacial score (nSPS) is 10.4. The number of halogens is 4. The molecule has 0 spiro atoms. The molecule has 0 unspecified atom stereocenters. The van der Waals surface area contributed by atoms with E-state index in [0.29, 0.717) is 27.1 Å². The van der Waals surface area contributed by atoms with Gasteiger partial charge in [0, 0.05) is 5.56 Å². The fraction of sp³-hybridized carbons (Fsp3) is 0.133. The van der Waals surface area contributed by atoms with Gasteiger partial charge in [0.05, 0.1) is 20.7 Å². The first kappa shape index (κ1) is 17.7. The third-order valence-electron chi connectivity index (χ3n) is 2.82. The van der Waals surface area contributed by atoms with Gasteiger partial charge in [-0.25, -0.2) is 0 Å². The third kappa shape index (κ3) is 4.19. The molecule has 2 rings (SSSR count). The summed E-state index contributed by atoms with van der Waals surface area (Å²) in [5, 5.41) is 0.405. The van der Waals surface area contributed by atoms with Gasteiger partial charge < -0.3 is 9.47 Å². The van der Waals surface area contributed by atoms with Crippen LogP contribution in [0.1, 0.15) is 15.9 Å². The van der Waals surface area contributed by atoms with E-state index in [9.17, 15) is 4.79 Å². The van der Waals surface area contributed by atoms with Crippen LogP contribution < -0.4 is 9.47 Å². The largest absolute Gasteiger partial charge is 0.493 e. The van der Waals surface area contributed by atoms with E-state index in [0.717, 1.165) is 9.13 Å². The number of ether oxygens (including phenoxy) is 2. The second-order valence-corrected chi connectivity index (χ2v) is 6.62. The average molecular weight is 472 g/mol. The van der Waals surface area contributed by atoms with Gasteiger partial charge in [-0.15, -0.1) is 0 Å². The van der Waals surface area contributed by atoms with E-state index in [1.54, 1.807) is 24.3 Å². The Bertz CT molecular complexity index is 719. The van der Waals surface area contributed by atoms with Crippen LogP contribution in [0, 0.1) is 3.57 Å². The molecule has 0 bridgehead atoms.